The van der Waals surface area contributed by atoms with Gasteiger partial charge in [0.15, 0.2) is 6.61 Å². The number of carbonyl (C=O) groups is 3. The molecule has 4 heterocycles. The van der Waals surface area contributed by atoms with Crippen molar-refractivity contribution >= 4 is 45.9 Å². The first-order valence-corrected chi connectivity index (χ1v) is 11.6. The number of ether oxygens (including phenoxy) is 1. The molecule has 0 fully saturated rings. The average Bonchev–Trinajstić information content (AvgIpc) is 3.53. The van der Waals surface area contributed by atoms with Crippen LogP contribution in [0.4, 0.5) is 0 Å². The molecule has 164 valence electrons. The Bertz CT molecular complexity index is 1260. The summed E-state index contributed by atoms with van der Waals surface area (Å²) < 4.78 is 7.34. The van der Waals surface area contributed by atoms with Crippen molar-refractivity contribution in [3.63, 3.8) is 0 Å². The number of thiophene rings is 2. The van der Waals surface area contributed by atoms with Gasteiger partial charge in [-0.1, -0.05) is 19.1 Å². The van der Waals surface area contributed by atoms with E-state index in [-0.39, 0.29) is 17.2 Å². The zero-order valence-corrected chi connectivity index (χ0v) is 18.7. The molecule has 32 heavy (non-hydrogen) atoms. The SMILES string of the molecule is CCc1c(C(=O)C(N)=O)c2c(OCC(=O)O)cccn2c1C(c1cccs1)c1cccs1. The van der Waals surface area contributed by atoms with Gasteiger partial charge in [0, 0.05) is 21.6 Å². The van der Waals surface area contributed by atoms with Crippen molar-refractivity contribution in [1.82, 2.24) is 4.40 Å². The first-order chi connectivity index (χ1) is 15.4. The van der Waals surface area contributed by atoms with Crippen LogP contribution >= 0.6 is 22.7 Å². The van der Waals surface area contributed by atoms with E-state index >= 15 is 0 Å². The number of amides is 1. The standard InChI is InChI=1S/C23H20N2O5S2/c1-2-13-18(22(28)23(24)29)21-14(30-12-17(26)27)6-3-9-25(21)20(13)19(15-7-4-10-31-15)16-8-5-11-32-16/h3-11,19H,2,12H2,1H3,(H2,24,29)(H,26,27). The van der Waals surface area contributed by atoms with E-state index in [1.807, 2.05) is 46.4 Å². The molecule has 0 unspecified atom stereocenters. The van der Waals surface area contributed by atoms with Crippen molar-refractivity contribution < 1.29 is 24.2 Å². The van der Waals surface area contributed by atoms with E-state index in [2.05, 4.69) is 0 Å². The van der Waals surface area contributed by atoms with Crippen LogP contribution in [0.3, 0.4) is 0 Å². The topological polar surface area (TPSA) is 111 Å². The molecule has 0 aliphatic heterocycles. The molecular weight excluding hydrogens is 448 g/mol. The highest BCUT2D eigenvalue weighted by molar-refractivity contribution is 7.11. The largest absolute Gasteiger partial charge is 0.480 e. The van der Waals surface area contributed by atoms with E-state index in [9.17, 15) is 14.4 Å². The van der Waals surface area contributed by atoms with E-state index < -0.39 is 24.3 Å². The Labute approximate surface area is 191 Å². The van der Waals surface area contributed by atoms with Crippen molar-refractivity contribution in [1.29, 1.82) is 0 Å². The maximum absolute atomic E-state index is 13.0. The number of Topliss-reactive ketones (excluding diaryl/α,β-unsaturated/α-hetero) is 1. The van der Waals surface area contributed by atoms with E-state index in [4.69, 9.17) is 15.6 Å². The van der Waals surface area contributed by atoms with Crippen LogP contribution in [-0.4, -0.2) is 33.8 Å². The third kappa shape index (κ3) is 3.80. The van der Waals surface area contributed by atoms with Gasteiger partial charge in [0.25, 0.3) is 11.7 Å². The van der Waals surface area contributed by atoms with E-state index in [1.54, 1.807) is 41.0 Å². The van der Waals surface area contributed by atoms with Gasteiger partial charge in [0.1, 0.15) is 5.75 Å². The first-order valence-electron chi connectivity index (χ1n) is 9.85. The van der Waals surface area contributed by atoms with Gasteiger partial charge in [0.2, 0.25) is 0 Å². The summed E-state index contributed by atoms with van der Waals surface area (Å²) in [5, 5.41) is 13.1. The second kappa shape index (κ2) is 8.97. The second-order valence-electron chi connectivity index (χ2n) is 7.02. The number of carboxylic acids is 1. The number of nitrogens with two attached hydrogens (primary N) is 1. The molecule has 0 aromatic carbocycles. The normalized spacial score (nSPS) is 11.2. The fraction of sp³-hybridized carbons (Fsp3) is 0.174. The molecule has 0 aliphatic carbocycles. The number of carboxylic acid groups (broad SMARTS) is 1. The molecule has 9 heteroatoms. The van der Waals surface area contributed by atoms with Gasteiger partial charge in [-0.3, -0.25) is 9.59 Å². The predicted molar refractivity (Wildman–Crippen MR) is 123 cm³/mol. The summed E-state index contributed by atoms with van der Waals surface area (Å²) in [5.41, 5.74) is 7.43. The molecule has 0 spiro atoms. The number of hydrogen-bond acceptors (Lipinski definition) is 6. The summed E-state index contributed by atoms with van der Waals surface area (Å²) >= 11 is 3.20. The minimum atomic E-state index is -1.15. The Hall–Kier alpha value is -3.43. The summed E-state index contributed by atoms with van der Waals surface area (Å²) in [6, 6.07) is 11.3. The number of pyridine rings is 1. The molecule has 0 aliphatic rings. The molecule has 3 N–H and O–H groups in total. The molecule has 7 nitrogen and oxygen atoms in total. The van der Waals surface area contributed by atoms with E-state index in [0.717, 1.165) is 15.4 Å². The highest BCUT2D eigenvalue weighted by Crippen LogP contribution is 2.43. The number of ketones is 1. The Balaban J connectivity index is 2.09. The first kappa shape index (κ1) is 21.8. The zero-order chi connectivity index (χ0) is 22.8. The molecule has 4 aromatic heterocycles. The maximum Gasteiger partial charge on any atom is 0.341 e. The Morgan fingerprint density at radius 2 is 1.75 bits per heavy atom. The predicted octanol–water partition coefficient (Wildman–Crippen LogP) is 3.94. The molecule has 0 saturated carbocycles. The molecule has 0 atom stereocenters. The van der Waals surface area contributed by atoms with Crippen LogP contribution in [0.2, 0.25) is 0 Å². The van der Waals surface area contributed by atoms with Crippen molar-refractivity contribution in [3.8, 4) is 5.75 Å². The van der Waals surface area contributed by atoms with Gasteiger partial charge < -0.3 is 20.0 Å². The third-order valence-corrected chi connectivity index (χ3v) is 7.02. The number of rotatable bonds is 9. The second-order valence-corrected chi connectivity index (χ2v) is 8.98. The quantitative estimate of drug-likeness (QED) is 0.286. The van der Waals surface area contributed by atoms with Gasteiger partial charge in [-0.25, -0.2) is 4.79 Å². The minimum absolute atomic E-state index is 0.161. The lowest BCUT2D eigenvalue weighted by Crippen LogP contribution is -2.24. The summed E-state index contributed by atoms with van der Waals surface area (Å²) in [6.07, 6.45) is 2.26. The third-order valence-electron chi connectivity index (χ3n) is 5.15. The van der Waals surface area contributed by atoms with Gasteiger partial charge in [-0.2, -0.15) is 0 Å². The number of aromatic nitrogens is 1. The van der Waals surface area contributed by atoms with Crippen LogP contribution < -0.4 is 10.5 Å². The highest BCUT2D eigenvalue weighted by Gasteiger charge is 2.33. The molecular formula is C23H20N2O5S2. The lowest BCUT2D eigenvalue weighted by Gasteiger charge is -2.17. The lowest BCUT2D eigenvalue weighted by atomic mass is 9.93. The number of hydrogen-bond donors (Lipinski definition) is 2. The monoisotopic (exact) mass is 468 g/mol. The van der Waals surface area contributed by atoms with Crippen molar-refractivity contribution in [2.45, 2.75) is 19.3 Å². The summed E-state index contributed by atoms with van der Waals surface area (Å²) in [7, 11) is 0. The van der Waals surface area contributed by atoms with Crippen LogP contribution in [0.1, 0.15) is 44.2 Å². The van der Waals surface area contributed by atoms with Crippen LogP contribution in [0.15, 0.2) is 53.4 Å². The number of aliphatic carboxylic acids is 1. The fourth-order valence-corrected chi connectivity index (χ4v) is 5.73. The number of carbonyl (C=O) groups excluding carboxylic acids is 2. The number of fused-ring (bicyclic) bond motifs is 1. The Kier molecular flexibility index (Phi) is 6.11. The van der Waals surface area contributed by atoms with E-state index in [1.165, 1.54) is 0 Å². The highest BCUT2D eigenvalue weighted by atomic mass is 32.1. The van der Waals surface area contributed by atoms with Gasteiger partial charge >= 0.3 is 5.97 Å². The molecule has 0 bridgehead atoms. The molecule has 4 aromatic rings. The molecule has 0 saturated heterocycles. The molecule has 0 radical (unpaired) electrons. The Morgan fingerprint density at radius 1 is 1.09 bits per heavy atom. The van der Waals surface area contributed by atoms with Gasteiger partial charge in [0.05, 0.1) is 17.0 Å². The Morgan fingerprint density at radius 3 is 2.25 bits per heavy atom. The van der Waals surface area contributed by atoms with Crippen LogP contribution in [0.25, 0.3) is 5.52 Å². The average molecular weight is 469 g/mol. The number of nitrogens with zero attached hydrogens (tertiary/aromatic N) is 1. The lowest BCUT2D eigenvalue weighted by molar-refractivity contribution is -0.139. The summed E-state index contributed by atoms with van der Waals surface area (Å²) in [6.45, 7) is 1.33. The van der Waals surface area contributed by atoms with Gasteiger partial charge in [-0.05, 0) is 47.0 Å². The molecule has 1 amide bonds. The smallest absolute Gasteiger partial charge is 0.341 e. The zero-order valence-electron chi connectivity index (χ0n) is 17.1. The summed E-state index contributed by atoms with van der Waals surface area (Å²) in [5.74, 6) is -3.02. The molecule has 4 rings (SSSR count). The van der Waals surface area contributed by atoms with E-state index in [0.29, 0.717) is 17.5 Å². The van der Waals surface area contributed by atoms with Crippen molar-refractivity contribution in [2.24, 2.45) is 5.73 Å². The van der Waals surface area contributed by atoms with Crippen LogP contribution in [0, 0.1) is 0 Å². The summed E-state index contributed by atoms with van der Waals surface area (Å²) in [4.78, 5) is 38.2. The van der Waals surface area contributed by atoms with Crippen LogP contribution in [-0.2, 0) is 16.0 Å². The minimum Gasteiger partial charge on any atom is -0.480 e. The maximum atomic E-state index is 13.0. The fourth-order valence-electron chi connectivity index (χ4n) is 3.97. The van der Waals surface area contributed by atoms with Crippen molar-refractivity contribution in [2.75, 3.05) is 6.61 Å². The van der Waals surface area contributed by atoms with Crippen molar-refractivity contribution in [3.05, 3.63) is 79.9 Å². The van der Waals surface area contributed by atoms with Crippen LogP contribution in [0.5, 0.6) is 5.75 Å². The van der Waals surface area contributed by atoms with Gasteiger partial charge in [-0.15, -0.1) is 22.7 Å². The number of primary amides is 1.